The number of aliphatic hydroxyl groups is 1. The standard InChI is InChI=1S/C17H14BrNO7/c1-17(23)11-10-8(5-24-16(11)22)15(21)25-12(10)13(17)26-14(20)7-3-2-6(19)4-9(7)18/h2-5,10-13,23H,19H2,1H3/t10-,11-,12+,13+,17-/m1/s1. The maximum absolute atomic E-state index is 12.6. The molecule has 0 bridgehead atoms. The first-order valence-corrected chi connectivity index (χ1v) is 8.61. The van der Waals surface area contributed by atoms with E-state index in [0.717, 1.165) is 6.26 Å². The van der Waals surface area contributed by atoms with Crippen molar-refractivity contribution in [3.05, 3.63) is 40.1 Å². The summed E-state index contributed by atoms with van der Waals surface area (Å²) in [4.78, 5) is 36.7. The smallest absolute Gasteiger partial charge is 0.339 e. The second-order valence-corrected chi connectivity index (χ2v) is 7.53. The van der Waals surface area contributed by atoms with Crippen molar-refractivity contribution in [2.45, 2.75) is 24.7 Å². The van der Waals surface area contributed by atoms with Crippen LogP contribution in [-0.2, 0) is 23.8 Å². The Morgan fingerprint density at radius 3 is 2.81 bits per heavy atom. The molecular weight excluding hydrogens is 410 g/mol. The lowest BCUT2D eigenvalue weighted by atomic mass is 9.82. The fourth-order valence-corrected chi connectivity index (χ4v) is 4.40. The van der Waals surface area contributed by atoms with Crippen LogP contribution in [0, 0.1) is 11.8 Å². The molecule has 1 aliphatic carbocycles. The van der Waals surface area contributed by atoms with Gasteiger partial charge in [0.2, 0.25) is 0 Å². The number of esters is 3. The van der Waals surface area contributed by atoms with Gasteiger partial charge in [-0.1, -0.05) is 0 Å². The van der Waals surface area contributed by atoms with Crippen molar-refractivity contribution in [3.8, 4) is 0 Å². The molecule has 8 nitrogen and oxygen atoms in total. The lowest BCUT2D eigenvalue weighted by molar-refractivity contribution is -0.162. The number of nitrogen functional groups attached to an aromatic ring is 1. The molecular formula is C17H14BrNO7. The fraction of sp³-hybridized carbons (Fsp3) is 0.353. The molecule has 3 N–H and O–H groups in total. The molecule has 0 unspecified atom stereocenters. The third-order valence-electron chi connectivity index (χ3n) is 5.06. The molecule has 1 saturated heterocycles. The summed E-state index contributed by atoms with van der Waals surface area (Å²) in [6.07, 6.45) is -1.14. The van der Waals surface area contributed by atoms with Crippen molar-refractivity contribution in [2.24, 2.45) is 11.8 Å². The Hall–Kier alpha value is -2.39. The number of hydrogen-bond acceptors (Lipinski definition) is 8. The molecule has 136 valence electrons. The van der Waals surface area contributed by atoms with Crippen LogP contribution in [-0.4, -0.2) is 40.8 Å². The number of anilines is 1. The number of rotatable bonds is 2. The average molecular weight is 424 g/mol. The summed E-state index contributed by atoms with van der Waals surface area (Å²) in [6.45, 7) is 1.37. The van der Waals surface area contributed by atoms with Gasteiger partial charge in [-0.3, -0.25) is 4.79 Å². The first-order chi connectivity index (χ1) is 12.2. The fourth-order valence-electron chi connectivity index (χ4n) is 3.84. The number of nitrogens with two attached hydrogens (primary N) is 1. The molecule has 0 amide bonds. The highest BCUT2D eigenvalue weighted by molar-refractivity contribution is 9.10. The second-order valence-electron chi connectivity index (χ2n) is 6.67. The van der Waals surface area contributed by atoms with E-state index in [1.807, 2.05) is 0 Å². The first-order valence-electron chi connectivity index (χ1n) is 7.81. The summed E-state index contributed by atoms with van der Waals surface area (Å²) in [7, 11) is 0. The van der Waals surface area contributed by atoms with Gasteiger partial charge in [-0.05, 0) is 41.1 Å². The molecule has 1 aromatic rings. The lowest BCUT2D eigenvalue weighted by Crippen LogP contribution is -2.49. The normalized spacial score (nSPS) is 34.7. The van der Waals surface area contributed by atoms with Crippen molar-refractivity contribution < 1.29 is 33.7 Å². The van der Waals surface area contributed by atoms with Crippen LogP contribution in [0.4, 0.5) is 5.69 Å². The van der Waals surface area contributed by atoms with E-state index >= 15 is 0 Å². The van der Waals surface area contributed by atoms with Gasteiger partial charge in [0.15, 0.2) is 6.10 Å². The number of hydrogen-bond donors (Lipinski definition) is 2. The molecule has 2 fully saturated rings. The lowest BCUT2D eigenvalue weighted by Gasteiger charge is -2.32. The summed E-state index contributed by atoms with van der Waals surface area (Å²) < 4.78 is 16.0. The van der Waals surface area contributed by atoms with E-state index in [4.69, 9.17) is 19.9 Å². The topological polar surface area (TPSA) is 125 Å². The Bertz CT molecular complexity index is 878. The molecule has 5 atom stereocenters. The van der Waals surface area contributed by atoms with Gasteiger partial charge in [-0.15, -0.1) is 0 Å². The molecule has 0 spiro atoms. The third kappa shape index (κ3) is 2.27. The van der Waals surface area contributed by atoms with Gasteiger partial charge in [-0.25, -0.2) is 9.59 Å². The molecule has 0 aromatic heterocycles. The minimum atomic E-state index is -1.76. The van der Waals surface area contributed by atoms with E-state index in [0.29, 0.717) is 10.2 Å². The SMILES string of the molecule is C[C@]1(O)[C@@H](OC(=O)c2ccc(N)cc2Br)[C@H]2OC(=O)C3=COC(=O)[C@H]1[C@@H]32. The molecule has 26 heavy (non-hydrogen) atoms. The molecule has 9 heteroatoms. The van der Waals surface area contributed by atoms with E-state index in [1.165, 1.54) is 25.1 Å². The van der Waals surface area contributed by atoms with Gasteiger partial charge in [-0.2, -0.15) is 0 Å². The summed E-state index contributed by atoms with van der Waals surface area (Å²) >= 11 is 3.23. The number of ether oxygens (including phenoxy) is 3. The number of benzene rings is 1. The molecule has 1 aromatic carbocycles. The van der Waals surface area contributed by atoms with Crippen LogP contribution in [0.15, 0.2) is 34.5 Å². The Balaban J connectivity index is 1.68. The van der Waals surface area contributed by atoms with E-state index < -0.39 is 47.6 Å². The van der Waals surface area contributed by atoms with Gasteiger partial charge in [0.05, 0.1) is 17.1 Å². The zero-order valence-corrected chi connectivity index (χ0v) is 15.1. The Morgan fingerprint density at radius 1 is 1.38 bits per heavy atom. The molecule has 2 aliphatic heterocycles. The van der Waals surface area contributed by atoms with Crippen LogP contribution in [0.2, 0.25) is 0 Å². The third-order valence-corrected chi connectivity index (χ3v) is 5.71. The van der Waals surface area contributed by atoms with Crippen LogP contribution in [0.5, 0.6) is 0 Å². The first kappa shape index (κ1) is 17.0. The molecule has 1 saturated carbocycles. The summed E-state index contributed by atoms with van der Waals surface area (Å²) in [6, 6.07) is 4.54. The van der Waals surface area contributed by atoms with Crippen LogP contribution in [0.25, 0.3) is 0 Å². The van der Waals surface area contributed by atoms with Crippen molar-refractivity contribution in [3.63, 3.8) is 0 Å². The van der Waals surface area contributed by atoms with Gasteiger partial charge in [0.1, 0.15) is 23.9 Å². The van der Waals surface area contributed by atoms with Crippen molar-refractivity contribution in [2.75, 3.05) is 5.73 Å². The highest BCUT2D eigenvalue weighted by Crippen LogP contribution is 2.53. The van der Waals surface area contributed by atoms with Crippen LogP contribution < -0.4 is 5.73 Å². The number of halogens is 1. The van der Waals surface area contributed by atoms with Gasteiger partial charge in [0, 0.05) is 10.2 Å². The van der Waals surface area contributed by atoms with Crippen LogP contribution in [0.1, 0.15) is 17.3 Å². The Morgan fingerprint density at radius 2 is 2.12 bits per heavy atom. The second kappa shape index (κ2) is 5.55. The maximum Gasteiger partial charge on any atom is 0.339 e. The molecule has 3 aliphatic rings. The largest absolute Gasteiger partial charge is 0.454 e. The average Bonchev–Trinajstić information content (AvgIpc) is 2.98. The maximum atomic E-state index is 12.6. The van der Waals surface area contributed by atoms with E-state index in [1.54, 1.807) is 0 Å². The van der Waals surface area contributed by atoms with Gasteiger partial charge < -0.3 is 25.1 Å². The summed E-state index contributed by atoms with van der Waals surface area (Å²) in [5, 5.41) is 10.9. The quantitative estimate of drug-likeness (QED) is 0.408. The van der Waals surface area contributed by atoms with Crippen LogP contribution in [0.3, 0.4) is 0 Å². The minimum Gasteiger partial charge on any atom is -0.454 e. The van der Waals surface area contributed by atoms with Crippen molar-refractivity contribution in [1.29, 1.82) is 0 Å². The zero-order valence-electron chi connectivity index (χ0n) is 13.5. The van der Waals surface area contributed by atoms with Crippen molar-refractivity contribution in [1.82, 2.24) is 0 Å². The highest BCUT2D eigenvalue weighted by Gasteiger charge is 2.70. The van der Waals surface area contributed by atoms with Gasteiger partial charge >= 0.3 is 17.9 Å². The molecule has 2 heterocycles. The van der Waals surface area contributed by atoms with Crippen LogP contribution >= 0.6 is 15.9 Å². The monoisotopic (exact) mass is 423 g/mol. The highest BCUT2D eigenvalue weighted by atomic mass is 79.9. The Labute approximate surface area is 156 Å². The van der Waals surface area contributed by atoms with E-state index in [9.17, 15) is 19.5 Å². The van der Waals surface area contributed by atoms with Crippen molar-refractivity contribution >= 4 is 39.5 Å². The van der Waals surface area contributed by atoms with E-state index in [-0.39, 0.29) is 11.1 Å². The summed E-state index contributed by atoms with van der Waals surface area (Å²) in [5.41, 5.74) is 4.69. The Kier molecular flexibility index (Phi) is 3.64. The zero-order chi connectivity index (χ0) is 18.8. The molecule has 0 radical (unpaired) electrons. The number of carbonyl (C=O) groups is 3. The predicted molar refractivity (Wildman–Crippen MR) is 89.4 cm³/mol. The number of carbonyl (C=O) groups excluding carboxylic acids is 3. The van der Waals surface area contributed by atoms with E-state index in [2.05, 4.69) is 15.9 Å². The van der Waals surface area contributed by atoms with Gasteiger partial charge in [0.25, 0.3) is 0 Å². The molecule has 4 rings (SSSR count). The summed E-state index contributed by atoms with van der Waals surface area (Å²) in [5.74, 6) is -3.87. The predicted octanol–water partition coefficient (Wildman–Crippen LogP) is 0.920. The minimum absolute atomic E-state index is 0.159. The number of cyclic esters (lactones) is 1.